The Labute approximate surface area is 111 Å². The van der Waals surface area contributed by atoms with Crippen molar-refractivity contribution in [3.8, 4) is 0 Å². The van der Waals surface area contributed by atoms with E-state index in [1.54, 1.807) is 14.1 Å². The van der Waals surface area contributed by atoms with Gasteiger partial charge in [0.2, 0.25) is 5.91 Å². The minimum absolute atomic E-state index is 0.323. The zero-order valence-corrected chi connectivity index (χ0v) is 11.2. The molecule has 3 N–H and O–H groups in total. The third-order valence-corrected chi connectivity index (χ3v) is 2.97. The average molecular weight is 272 g/mol. The van der Waals surface area contributed by atoms with Crippen LogP contribution in [0.3, 0.4) is 0 Å². The fourth-order valence-corrected chi connectivity index (χ4v) is 1.91. The molecule has 3 amide bonds. The molecule has 8 heteroatoms. The Morgan fingerprint density at radius 3 is 2.84 bits per heavy atom. The summed E-state index contributed by atoms with van der Waals surface area (Å²) in [6, 6.07) is -1.26. The molecule has 0 aromatic rings. The molecule has 0 saturated carbocycles. The van der Waals surface area contributed by atoms with Crippen molar-refractivity contribution in [2.24, 2.45) is 0 Å². The van der Waals surface area contributed by atoms with Crippen LogP contribution in [0.4, 0.5) is 4.79 Å². The Morgan fingerprint density at radius 2 is 2.26 bits per heavy atom. The van der Waals surface area contributed by atoms with Crippen LogP contribution in [0, 0.1) is 0 Å². The Bertz CT molecular complexity index is 361. The third kappa shape index (κ3) is 4.09. The minimum Gasteiger partial charge on any atom is -0.481 e. The maximum Gasteiger partial charge on any atom is 0.320 e. The highest BCUT2D eigenvalue weighted by molar-refractivity contribution is 5.91. The van der Waals surface area contributed by atoms with E-state index in [1.165, 1.54) is 9.80 Å². The van der Waals surface area contributed by atoms with E-state index in [0.29, 0.717) is 26.2 Å². The van der Waals surface area contributed by atoms with Gasteiger partial charge in [-0.05, 0) is 7.05 Å². The highest BCUT2D eigenvalue weighted by atomic mass is 16.4. The summed E-state index contributed by atoms with van der Waals surface area (Å²) < 4.78 is 0. The number of piperazine rings is 1. The van der Waals surface area contributed by atoms with Crippen LogP contribution >= 0.6 is 0 Å². The van der Waals surface area contributed by atoms with E-state index in [4.69, 9.17) is 5.11 Å². The van der Waals surface area contributed by atoms with Gasteiger partial charge in [0.05, 0.1) is 6.42 Å². The highest BCUT2D eigenvalue weighted by Gasteiger charge is 2.35. The summed E-state index contributed by atoms with van der Waals surface area (Å²) in [5.41, 5.74) is 0. The Kier molecular flexibility index (Phi) is 5.56. The topological polar surface area (TPSA) is 102 Å². The van der Waals surface area contributed by atoms with E-state index in [2.05, 4.69) is 10.6 Å². The van der Waals surface area contributed by atoms with Gasteiger partial charge in [0.15, 0.2) is 0 Å². The zero-order valence-electron chi connectivity index (χ0n) is 11.2. The number of carbonyl (C=O) groups excluding carboxylic acids is 2. The molecular weight excluding hydrogens is 252 g/mol. The molecule has 1 aliphatic rings. The SMILES string of the molecule is CNCCN(C)C(=O)N1CCNC(=O)C1CC(=O)O. The number of carboxylic acids is 1. The van der Waals surface area contributed by atoms with Crippen LogP contribution in [-0.2, 0) is 9.59 Å². The number of likely N-dealkylation sites (N-methyl/N-ethyl adjacent to an activating group) is 2. The van der Waals surface area contributed by atoms with Crippen LogP contribution in [0.2, 0.25) is 0 Å². The summed E-state index contributed by atoms with van der Waals surface area (Å²) in [5, 5.41) is 14.3. The normalized spacial score (nSPS) is 18.9. The zero-order chi connectivity index (χ0) is 14.4. The molecule has 108 valence electrons. The lowest BCUT2D eigenvalue weighted by atomic mass is 10.1. The highest BCUT2D eigenvalue weighted by Crippen LogP contribution is 2.11. The van der Waals surface area contributed by atoms with Gasteiger partial charge >= 0.3 is 12.0 Å². The van der Waals surface area contributed by atoms with Gasteiger partial charge in [-0.2, -0.15) is 0 Å². The number of rotatable bonds is 5. The monoisotopic (exact) mass is 272 g/mol. The number of nitrogens with zero attached hydrogens (tertiary/aromatic N) is 2. The van der Waals surface area contributed by atoms with Gasteiger partial charge in [-0.1, -0.05) is 0 Å². The summed E-state index contributed by atoms with van der Waals surface area (Å²) >= 11 is 0. The standard InChI is InChI=1S/C11H20N4O4/c1-12-3-5-14(2)11(19)15-6-4-13-10(18)8(15)7-9(16)17/h8,12H,3-7H2,1-2H3,(H,13,18)(H,16,17). The van der Waals surface area contributed by atoms with E-state index in [0.717, 1.165) is 0 Å². The summed E-state index contributed by atoms with van der Waals surface area (Å²) in [6.07, 6.45) is -0.378. The van der Waals surface area contributed by atoms with Gasteiger partial charge in [0.1, 0.15) is 6.04 Å². The first-order chi connectivity index (χ1) is 8.97. The molecule has 1 unspecified atom stereocenters. The van der Waals surface area contributed by atoms with Crippen molar-refractivity contribution in [1.29, 1.82) is 0 Å². The number of carboxylic acid groups (broad SMARTS) is 1. The number of carbonyl (C=O) groups is 3. The van der Waals surface area contributed by atoms with E-state index in [1.807, 2.05) is 0 Å². The third-order valence-electron chi connectivity index (χ3n) is 2.97. The van der Waals surface area contributed by atoms with Crippen LogP contribution in [0.5, 0.6) is 0 Å². The second-order valence-electron chi connectivity index (χ2n) is 4.41. The van der Waals surface area contributed by atoms with Crippen molar-refractivity contribution in [3.05, 3.63) is 0 Å². The molecule has 1 rings (SSSR count). The maximum atomic E-state index is 12.2. The summed E-state index contributed by atoms with van der Waals surface area (Å²) in [7, 11) is 3.41. The first kappa shape index (κ1) is 15.2. The molecule has 1 saturated heterocycles. The minimum atomic E-state index is -1.10. The maximum absolute atomic E-state index is 12.2. The molecule has 1 atom stereocenters. The smallest absolute Gasteiger partial charge is 0.320 e. The fraction of sp³-hybridized carbons (Fsp3) is 0.727. The van der Waals surface area contributed by atoms with E-state index in [9.17, 15) is 14.4 Å². The van der Waals surface area contributed by atoms with Crippen LogP contribution in [0.1, 0.15) is 6.42 Å². The summed E-state index contributed by atoms with van der Waals surface area (Å²) in [4.78, 5) is 37.5. The molecule has 1 heterocycles. The lowest BCUT2D eigenvalue weighted by Crippen LogP contribution is -2.60. The lowest BCUT2D eigenvalue weighted by molar-refractivity contribution is -0.142. The van der Waals surface area contributed by atoms with Gasteiger partial charge < -0.3 is 25.5 Å². The quantitative estimate of drug-likeness (QED) is 0.567. The number of urea groups is 1. The molecule has 19 heavy (non-hydrogen) atoms. The van der Waals surface area contributed by atoms with Gasteiger partial charge in [-0.25, -0.2) is 4.79 Å². The molecule has 1 aliphatic heterocycles. The van der Waals surface area contributed by atoms with Crippen molar-refractivity contribution in [2.75, 3.05) is 40.3 Å². The van der Waals surface area contributed by atoms with Crippen molar-refractivity contribution in [3.63, 3.8) is 0 Å². The van der Waals surface area contributed by atoms with E-state index in [-0.39, 0.29) is 12.5 Å². The molecule has 1 fully saturated rings. The van der Waals surface area contributed by atoms with Crippen molar-refractivity contribution in [2.45, 2.75) is 12.5 Å². The van der Waals surface area contributed by atoms with Crippen molar-refractivity contribution in [1.82, 2.24) is 20.4 Å². The summed E-state index contributed by atoms with van der Waals surface area (Å²) in [6.45, 7) is 1.80. The van der Waals surface area contributed by atoms with Crippen LogP contribution in [0.15, 0.2) is 0 Å². The molecule has 0 spiro atoms. The fourth-order valence-electron chi connectivity index (χ4n) is 1.91. The summed E-state index contributed by atoms with van der Waals surface area (Å²) in [5.74, 6) is -1.51. The molecule has 0 aromatic heterocycles. The first-order valence-electron chi connectivity index (χ1n) is 6.13. The van der Waals surface area contributed by atoms with Crippen LogP contribution < -0.4 is 10.6 Å². The van der Waals surface area contributed by atoms with Crippen LogP contribution in [0.25, 0.3) is 0 Å². The predicted octanol–water partition coefficient (Wildman–Crippen LogP) is -1.47. The molecule has 0 radical (unpaired) electrons. The first-order valence-corrected chi connectivity index (χ1v) is 6.13. The van der Waals surface area contributed by atoms with Gasteiger partial charge in [0, 0.05) is 33.2 Å². The van der Waals surface area contributed by atoms with Crippen molar-refractivity contribution >= 4 is 17.9 Å². The molecule has 0 aromatic carbocycles. The second kappa shape index (κ2) is 6.93. The van der Waals surface area contributed by atoms with Gasteiger partial charge in [0.25, 0.3) is 0 Å². The van der Waals surface area contributed by atoms with E-state index >= 15 is 0 Å². The Morgan fingerprint density at radius 1 is 1.58 bits per heavy atom. The van der Waals surface area contributed by atoms with Gasteiger partial charge in [-0.15, -0.1) is 0 Å². The molecule has 0 aliphatic carbocycles. The molecule has 8 nitrogen and oxygen atoms in total. The lowest BCUT2D eigenvalue weighted by Gasteiger charge is -2.36. The molecular formula is C11H20N4O4. The largest absolute Gasteiger partial charge is 0.481 e. The second-order valence-corrected chi connectivity index (χ2v) is 4.41. The number of amides is 3. The number of hydrogen-bond donors (Lipinski definition) is 3. The van der Waals surface area contributed by atoms with E-state index < -0.39 is 17.9 Å². The Hall–Kier alpha value is -1.83. The Balaban J connectivity index is 2.73. The molecule has 0 bridgehead atoms. The average Bonchev–Trinajstić information content (AvgIpc) is 2.37. The van der Waals surface area contributed by atoms with Gasteiger partial charge in [-0.3, -0.25) is 9.59 Å². The number of aliphatic carboxylic acids is 1. The number of hydrogen-bond acceptors (Lipinski definition) is 4. The number of nitrogens with one attached hydrogen (secondary N) is 2. The van der Waals surface area contributed by atoms with Crippen LogP contribution in [-0.4, -0.2) is 79.1 Å². The van der Waals surface area contributed by atoms with Crippen molar-refractivity contribution < 1.29 is 19.5 Å². The predicted molar refractivity (Wildman–Crippen MR) is 67.7 cm³/mol.